The third-order valence-corrected chi connectivity index (χ3v) is 5.03. The first kappa shape index (κ1) is 12.9. The lowest BCUT2D eigenvalue weighted by molar-refractivity contribution is 0.910. The lowest BCUT2D eigenvalue weighted by Crippen LogP contribution is -2.07. The van der Waals surface area contributed by atoms with E-state index < -0.39 is 0 Å². The second kappa shape index (κ2) is 4.90. The topological polar surface area (TPSA) is 30.7 Å². The maximum atomic E-state index is 6.16. The molecule has 0 amide bonds. The molecule has 3 heterocycles. The monoisotopic (exact) mass is 313 g/mol. The van der Waals surface area contributed by atoms with E-state index in [-0.39, 0.29) is 0 Å². The fraction of sp³-hybridized carbons (Fsp3) is 0.125. The van der Waals surface area contributed by atoms with Crippen molar-refractivity contribution in [3.8, 4) is 17.2 Å². The van der Waals surface area contributed by atoms with E-state index in [4.69, 9.17) is 16.6 Å². The molecular formula is C16H12ClN3S. The average molecular weight is 314 g/mol. The Hall–Kier alpha value is -1.78. The number of thioether (sulfide) groups is 1. The largest absolute Gasteiger partial charge is 0.293 e. The van der Waals surface area contributed by atoms with E-state index in [2.05, 4.69) is 18.0 Å². The third kappa shape index (κ3) is 2.15. The van der Waals surface area contributed by atoms with Crippen LogP contribution >= 0.6 is 23.4 Å². The van der Waals surface area contributed by atoms with Crippen LogP contribution in [0.2, 0.25) is 5.02 Å². The van der Waals surface area contributed by atoms with Crippen LogP contribution in [0.5, 0.6) is 0 Å². The van der Waals surface area contributed by atoms with Crippen molar-refractivity contribution in [1.82, 2.24) is 14.5 Å². The first-order chi connectivity index (χ1) is 10.2. The van der Waals surface area contributed by atoms with Gasteiger partial charge in [-0.1, -0.05) is 11.6 Å². The lowest BCUT2D eigenvalue weighted by atomic mass is 10.0. The smallest absolute Gasteiger partial charge is 0.234 e. The fourth-order valence-electron chi connectivity index (χ4n) is 2.53. The summed E-state index contributed by atoms with van der Waals surface area (Å²) in [5, 5.41) is 1.07. The number of fused-ring (bicyclic) bond motifs is 3. The van der Waals surface area contributed by atoms with Crippen LogP contribution in [0.25, 0.3) is 17.2 Å². The molecule has 0 fully saturated rings. The van der Waals surface area contributed by atoms with Gasteiger partial charge in [-0.15, -0.1) is 11.8 Å². The molecule has 0 aliphatic carbocycles. The quantitative estimate of drug-likeness (QED) is 0.649. The molecule has 0 saturated carbocycles. The highest BCUT2D eigenvalue weighted by Gasteiger charge is 2.25. The Kier molecular flexibility index (Phi) is 3.01. The van der Waals surface area contributed by atoms with Crippen molar-refractivity contribution < 1.29 is 0 Å². The molecule has 0 radical (unpaired) electrons. The van der Waals surface area contributed by atoms with Gasteiger partial charge in [0.1, 0.15) is 0 Å². The molecule has 4 rings (SSSR count). The Morgan fingerprint density at radius 1 is 1.24 bits per heavy atom. The summed E-state index contributed by atoms with van der Waals surface area (Å²) >= 11 is 7.98. The van der Waals surface area contributed by atoms with Gasteiger partial charge in [0.15, 0.2) is 0 Å². The van der Waals surface area contributed by atoms with Crippen molar-refractivity contribution in [1.29, 1.82) is 0 Å². The van der Waals surface area contributed by atoms with Crippen molar-refractivity contribution in [3.05, 3.63) is 59.5 Å². The molecular weight excluding hydrogens is 302 g/mol. The molecule has 0 saturated heterocycles. The molecule has 1 atom stereocenters. The number of nitrogens with zero attached hydrogens (tertiary/aromatic N) is 3. The number of aromatic nitrogens is 3. The van der Waals surface area contributed by atoms with E-state index in [1.165, 1.54) is 4.90 Å². The summed E-state index contributed by atoms with van der Waals surface area (Å²) in [7, 11) is 0. The van der Waals surface area contributed by atoms with Crippen LogP contribution in [0.1, 0.15) is 17.7 Å². The van der Waals surface area contributed by atoms with Gasteiger partial charge in [-0.05, 0) is 37.3 Å². The zero-order chi connectivity index (χ0) is 14.4. The van der Waals surface area contributed by atoms with Gasteiger partial charge in [0, 0.05) is 44.9 Å². The molecule has 1 aliphatic heterocycles. The highest BCUT2D eigenvalue weighted by molar-refractivity contribution is 7.99. The van der Waals surface area contributed by atoms with Crippen molar-refractivity contribution in [2.75, 3.05) is 0 Å². The zero-order valence-corrected chi connectivity index (χ0v) is 12.9. The van der Waals surface area contributed by atoms with Crippen molar-refractivity contribution in [2.24, 2.45) is 0 Å². The lowest BCUT2D eigenvalue weighted by Gasteiger charge is -2.24. The third-order valence-electron chi connectivity index (χ3n) is 3.58. The molecule has 2 aromatic heterocycles. The number of benzene rings is 1. The number of halogens is 1. The normalized spacial score (nSPS) is 16.4. The van der Waals surface area contributed by atoms with E-state index in [9.17, 15) is 0 Å². The molecule has 0 unspecified atom stereocenters. The first-order valence-electron chi connectivity index (χ1n) is 6.69. The van der Waals surface area contributed by atoms with E-state index in [0.29, 0.717) is 11.2 Å². The van der Waals surface area contributed by atoms with Crippen LogP contribution in [0.3, 0.4) is 0 Å². The summed E-state index contributed by atoms with van der Waals surface area (Å²) in [6.45, 7) is 2.18. The van der Waals surface area contributed by atoms with E-state index in [1.54, 1.807) is 0 Å². The van der Waals surface area contributed by atoms with Crippen molar-refractivity contribution in [2.45, 2.75) is 17.1 Å². The van der Waals surface area contributed by atoms with Crippen LogP contribution in [0, 0.1) is 0 Å². The zero-order valence-electron chi connectivity index (χ0n) is 11.3. The molecule has 3 aromatic rings. The highest BCUT2D eigenvalue weighted by Crippen LogP contribution is 2.48. The standard InChI is InChI=1S/C16H12ClN3S/c1-10-13-9-18-16(20-6-2-3-7-20)19-15(13)12-8-11(17)4-5-14(12)21-10/h2-10H,1H3/t10-/m1/s1. The molecule has 5 heteroatoms. The molecule has 0 spiro atoms. The average Bonchev–Trinajstić information content (AvgIpc) is 3.02. The van der Waals surface area contributed by atoms with Crippen LogP contribution < -0.4 is 0 Å². The van der Waals surface area contributed by atoms with E-state index in [1.807, 2.05) is 59.2 Å². The summed E-state index contributed by atoms with van der Waals surface area (Å²) in [5.41, 5.74) is 3.24. The SMILES string of the molecule is C[C@H]1Sc2ccc(Cl)cc2-c2nc(-n3cccc3)ncc21. The molecule has 1 aliphatic rings. The van der Waals surface area contributed by atoms with Crippen LogP contribution in [0.4, 0.5) is 0 Å². The minimum absolute atomic E-state index is 0.340. The summed E-state index contributed by atoms with van der Waals surface area (Å²) < 4.78 is 1.91. The van der Waals surface area contributed by atoms with Gasteiger partial charge in [0.05, 0.1) is 5.69 Å². The van der Waals surface area contributed by atoms with E-state index >= 15 is 0 Å². The molecule has 1 aromatic carbocycles. The van der Waals surface area contributed by atoms with Gasteiger partial charge in [-0.2, -0.15) is 0 Å². The minimum atomic E-state index is 0.340. The predicted molar refractivity (Wildman–Crippen MR) is 86.1 cm³/mol. The van der Waals surface area contributed by atoms with Crippen molar-refractivity contribution >= 4 is 23.4 Å². The van der Waals surface area contributed by atoms with Gasteiger partial charge in [-0.25, -0.2) is 9.97 Å². The summed E-state index contributed by atoms with van der Waals surface area (Å²) in [5.74, 6) is 0.684. The summed E-state index contributed by atoms with van der Waals surface area (Å²) in [6, 6.07) is 9.91. The second-order valence-corrected chi connectivity index (χ2v) is 6.78. The van der Waals surface area contributed by atoms with Crippen LogP contribution in [0.15, 0.2) is 53.8 Å². The number of hydrogen-bond acceptors (Lipinski definition) is 3. The molecule has 104 valence electrons. The second-order valence-electron chi connectivity index (χ2n) is 4.96. The maximum absolute atomic E-state index is 6.16. The maximum Gasteiger partial charge on any atom is 0.234 e. The van der Waals surface area contributed by atoms with Gasteiger partial charge < -0.3 is 0 Å². The Labute approximate surface area is 132 Å². The predicted octanol–water partition coefficient (Wildman–Crippen LogP) is 4.75. The summed E-state index contributed by atoms with van der Waals surface area (Å²) in [6.07, 6.45) is 5.82. The first-order valence-corrected chi connectivity index (χ1v) is 7.95. The van der Waals surface area contributed by atoms with Crippen LogP contribution in [-0.2, 0) is 0 Å². The van der Waals surface area contributed by atoms with E-state index in [0.717, 1.165) is 21.8 Å². The van der Waals surface area contributed by atoms with Gasteiger partial charge in [0.25, 0.3) is 0 Å². The molecule has 21 heavy (non-hydrogen) atoms. The Balaban J connectivity index is 1.95. The number of rotatable bonds is 1. The number of hydrogen-bond donors (Lipinski definition) is 0. The van der Waals surface area contributed by atoms with Gasteiger partial charge in [0.2, 0.25) is 5.95 Å². The Bertz CT molecular complexity index is 814. The Morgan fingerprint density at radius 2 is 2.05 bits per heavy atom. The van der Waals surface area contributed by atoms with Crippen molar-refractivity contribution in [3.63, 3.8) is 0 Å². The fourth-order valence-corrected chi connectivity index (χ4v) is 3.81. The van der Waals surface area contributed by atoms with Gasteiger partial charge in [-0.3, -0.25) is 4.57 Å². The molecule has 0 N–H and O–H groups in total. The highest BCUT2D eigenvalue weighted by atomic mass is 35.5. The molecule has 0 bridgehead atoms. The minimum Gasteiger partial charge on any atom is -0.293 e. The van der Waals surface area contributed by atoms with Crippen LogP contribution in [-0.4, -0.2) is 14.5 Å². The molecule has 3 nitrogen and oxygen atoms in total. The Morgan fingerprint density at radius 3 is 2.86 bits per heavy atom. The summed E-state index contributed by atoms with van der Waals surface area (Å²) in [4.78, 5) is 10.5. The van der Waals surface area contributed by atoms with Gasteiger partial charge >= 0.3 is 0 Å².